The van der Waals surface area contributed by atoms with Gasteiger partial charge in [0.25, 0.3) is 0 Å². The van der Waals surface area contributed by atoms with Crippen LogP contribution >= 0.6 is 11.6 Å². The lowest BCUT2D eigenvalue weighted by molar-refractivity contribution is 0.304. The van der Waals surface area contributed by atoms with Gasteiger partial charge in [-0.25, -0.2) is 4.39 Å². The van der Waals surface area contributed by atoms with Gasteiger partial charge in [0.15, 0.2) is 5.82 Å². The van der Waals surface area contributed by atoms with Crippen molar-refractivity contribution in [2.75, 3.05) is 25.5 Å². The van der Waals surface area contributed by atoms with E-state index in [1.54, 1.807) is 18.2 Å². The summed E-state index contributed by atoms with van der Waals surface area (Å²) in [4.78, 5) is 0. The van der Waals surface area contributed by atoms with Crippen molar-refractivity contribution in [1.29, 1.82) is 0 Å². The summed E-state index contributed by atoms with van der Waals surface area (Å²) in [7, 11) is 1.90. The van der Waals surface area contributed by atoms with Crippen molar-refractivity contribution >= 4 is 17.3 Å². The summed E-state index contributed by atoms with van der Waals surface area (Å²) >= 11 is 5.89. The van der Waals surface area contributed by atoms with E-state index in [2.05, 4.69) is 34.8 Å². The van der Waals surface area contributed by atoms with E-state index >= 15 is 0 Å². The van der Waals surface area contributed by atoms with Gasteiger partial charge in [0, 0.05) is 25.7 Å². The van der Waals surface area contributed by atoms with Gasteiger partial charge in [-0.15, -0.1) is 0 Å². The van der Waals surface area contributed by atoms with Crippen LogP contribution in [-0.4, -0.2) is 43.3 Å². The van der Waals surface area contributed by atoms with Crippen molar-refractivity contribution < 1.29 is 4.39 Å². The standard InChI is InChI=1S/C20H33ClFN5/c1-7-14(3)18(24-19-11-9-10-17(21)20(19)22)12-13-27(6)26-25-16(5)15(4)23-8-2/h7,9-11,15-16,18,23-24H,8,12-13H2,1-6H3/b14-7+,26-25?. The fraction of sp³-hybridized carbons (Fsp3) is 0.600. The number of hydrogen-bond donors (Lipinski definition) is 2. The van der Waals surface area contributed by atoms with Crippen molar-refractivity contribution in [3.63, 3.8) is 0 Å². The van der Waals surface area contributed by atoms with Crippen LogP contribution in [-0.2, 0) is 0 Å². The van der Waals surface area contributed by atoms with Crippen LogP contribution in [0.3, 0.4) is 0 Å². The monoisotopic (exact) mass is 397 g/mol. The fourth-order valence-electron chi connectivity index (χ4n) is 2.54. The van der Waals surface area contributed by atoms with E-state index in [0.29, 0.717) is 12.2 Å². The maximum Gasteiger partial charge on any atom is 0.164 e. The minimum Gasteiger partial charge on any atom is -0.376 e. The van der Waals surface area contributed by atoms with Crippen molar-refractivity contribution in [1.82, 2.24) is 10.3 Å². The second kappa shape index (κ2) is 11.9. The Morgan fingerprint density at radius 2 is 2.07 bits per heavy atom. The first-order valence-corrected chi connectivity index (χ1v) is 9.86. The minimum atomic E-state index is -0.424. The van der Waals surface area contributed by atoms with Crippen LogP contribution in [0.2, 0.25) is 5.02 Å². The Kier molecular flexibility index (Phi) is 10.3. The summed E-state index contributed by atoms with van der Waals surface area (Å²) in [5.41, 5.74) is 1.54. The van der Waals surface area contributed by atoms with Crippen LogP contribution in [0.15, 0.2) is 40.2 Å². The third kappa shape index (κ3) is 7.85. The summed E-state index contributed by atoms with van der Waals surface area (Å²) in [6, 6.07) is 5.34. The lowest BCUT2D eigenvalue weighted by Crippen LogP contribution is -2.34. The quantitative estimate of drug-likeness (QED) is 0.302. The van der Waals surface area contributed by atoms with E-state index in [4.69, 9.17) is 11.6 Å². The second-order valence-electron chi connectivity index (χ2n) is 6.79. The average molecular weight is 398 g/mol. The largest absolute Gasteiger partial charge is 0.376 e. The molecular formula is C20H33ClFN5. The lowest BCUT2D eigenvalue weighted by Gasteiger charge is -2.23. The minimum absolute atomic E-state index is 0.0151. The number of nitrogens with zero attached hydrogens (tertiary/aromatic N) is 3. The van der Waals surface area contributed by atoms with Crippen LogP contribution in [0.1, 0.15) is 41.0 Å². The molecule has 0 bridgehead atoms. The van der Waals surface area contributed by atoms with Gasteiger partial charge in [-0.3, -0.25) is 5.01 Å². The molecule has 0 amide bonds. The first-order chi connectivity index (χ1) is 12.8. The number of halogens is 2. The molecule has 0 aliphatic rings. The van der Waals surface area contributed by atoms with E-state index in [-0.39, 0.29) is 23.1 Å². The third-order valence-electron chi connectivity index (χ3n) is 4.66. The van der Waals surface area contributed by atoms with Crippen LogP contribution in [0.25, 0.3) is 0 Å². The molecule has 7 heteroatoms. The molecule has 0 aromatic heterocycles. The van der Waals surface area contributed by atoms with Crippen LogP contribution in [0, 0.1) is 5.82 Å². The number of nitrogens with one attached hydrogen (secondary N) is 2. The number of benzene rings is 1. The van der Waals surface area contributed by atoms with Gasteiger partial charge < -0.3 is 10.6 Å². The Labute approximate surface area is 168 Å². The van der Waals surface area contributed by atoms with Gasteiger partial charge in [-0.1, -0.05) is 41.5 Å². The molecule has 0 saturated heterocycles. The van der Waals surface area contributed by atoms with E-state index in [1.807, 2.05) is 38.9 Å². The van der Waals surface area contributed by atoms with Gasteiger partial charge in [0.05, 0.1) is 16.8 Å². The first kappa shape index (κ1) is 23.4. The molecule has 0 heterocycles. The highest BCUT2D eigenvalue weighted by Gasteiger charge is 2.15. The van der Waals surface area contributed by atoms with Crippen molar-refractivity contribution in [3.8, 4) is 0 Å². The zero-order valence-electron chi connectivity index (χ0n) is 17.3. The maximum absolute atomic E-state index is 14.2. The van der Waals surface area contributed by atoms with E-state index < -0.39 is 5.82 Å². The summed E-state index contributed by atoms with van der Waals surface area (Å²) < 4.78 is 14.2. The molecule has 5 nitrogen and oxygen atoms in total. The SMILES string of the molecule is C/C=C(\C)C(CCN(C)N=NC(C)C(C)NCC)Nc1cccc(Cl)c1F. The highest BCUT2D eigenvalue weighted by molar-refractivity contribution is 6.31. The van der Waals surface area contributed by atoms with Crippen LogP contribution < -0.4 is 10.6 Å². The zero-order chi connectivity index (χ0) is 20.4. The highest BCUT2D eigenvalue weighted by atomic mass is 35.5. The lowest BCUT2D eigenvalue weighted by atomic mass is 10.0. The smallest absolute Gasteiger partial charge is 0.164 e. The van der Waals surface area contributed by atoms with Gasteiger partial charge >= 0.3 is 0 Å². The molecule has 3 unspecified atom stereocenters. The van der Waals surface area contributed by atoms with E-state index in [1.165, 1.54) is 0 Å². The fourth-order valence-corrected chi connectivity index (χ4v) is 2.72. The Bertz CT molecular complexity index is 635. The first-order valence-electron chi connectivity index (χ1n) is 9.48. The molecule has 0 saturated carbocycles. The molecule has 1 aromatic rings. The highest BCUT2D eigenvalue weighted by Crippen LogP contribution is 2.24. The maximum atomic E-state index is 14.2. The molecule has 3 atom stereocenters. The Hall–Kier alpha value is -1.66. The molecule has 0 spiro atoms. The van der Waals surface area contributed by atoms with Crippen LogP contribution in [0.4, 0.5) is 10.1 Å². The Balaban J connectivity index is 2.69. The van der Waals surface area contributed by atoms with Gasteiger partial charge in [0.1, 0.15) is 0 Å². The molecule has 1 aromatic carbocycles. The number of anilines is 1. The molecule has 1 rings (SSSR count). The third-order valence-corrected chi connectivity index (χ3v) is 4.96. The summed E-state index contributed by atoms with van der Waals surface area (Å²) in [5.74, 6) is -0.424. The predicted molar refractivity (Wildman–Crippen MR) is 113 cm³/mol. The molecule has 27 heavy (non-hydrogen) atoms. The molecule has 0 aliphatic carbocycles. The molecule has 152 valence electrons. The zero-order valence-corrected chi connectivity index (χ0v) is 18.0. The summed E-state index contributed by atoms with van der Waals surface area (Å²) in [5, 5.41) is 17.2. The predicted octanol–water partition coefficient (Wildman–Crippen LogP) is 5.30. The Morgan fingerprint density at radius 1 is 1.37 bits per heavy atom. The normalized spacial score (nSPS) is 15.6. The number of hydrogen-bond acceptors (Lipinski definition) is 4. The summed E-state index contributed by atoms with van der Waals surface area (Å²) in [6.07, 6.45) is 2.79. The van der Waals surface area contributed by atoms with Gasteiger partial charge in [-0.2, -0.15) is 5.11 Å². The summed E-state index contributed by atoms with van der Waals surface area (Å²) in [6.45, 7) is 11.8. The molecular weight excluding hydrogens is 365 g/mol. The second-order valence-corrected chi connectivity index (χ2v) is 7.20. The van der Waals surface area contributed by atoms with Gasteiger partial charge in [-0.05, 0) is 52.8 Å². The number of rotatable bonds is 11. The number of likely N-dealkylation sites (N-methyl/N-ethyl adjacent to an activating group) is 1. The molecule has 2 N–H and O–H groups in total. The van der Waals surface area contributed by atoms with Gasteiger partial charge in [0.2, 0.25) is 0 Å². The molecule has 0 fully saturated rings. The van der Waals surface area contributed by atoms with Crippen molar-refractivity contribution in [3.05, 3.63) is 40.7 Å². The Morgan fingerprint density at radius 3 is 2.70 bits per heavy atom. The van der Waals surface area contributed by atoms with E-state index in [0.717, 1.165) is 18.5 Å². The molecule has 0 radical (unpaired) electrons. The van der Waals surface area contributed by atoms with Crippen LogP contribution in [0.5, 0.6) is 0 Å². The van der Waals surface area contributed by atoms with Crippen molar-refractivity contribution in [2.45, 2.75) is 59.2 Å². The average Bonchev–Trinajstić information content (AvgIpc) is 2.65. The van der Waals surface area contributed by atoms with Crippen molar-refractivity contribution in [2.24, 2.45) is 10.3 Å². The number of allylic oxidation sites excluding steroid dienone is 1. The molecule has 0 aliphatic heterocycles. The topological polar surface area (TPSA) is 52.0 Å². The van der Waals surface area contributed by atoms with E-state index in [9.17, 15) is 4.39 Å².